The highest BCUT2D eigenvalue weighted by molar-refractivity contribution is 5.23. The Morgan fingerprint density at radius 1 is 1.78 bits per heavy atom. The molecule has 0 bridgehead atoms. The largest absolute Gasteiger partial charge is 0.497 e. The molecule has 0 unspecified atom stereocenters. The standard InChI is InChI=1S/C8H10O/c1-2-9-7-8-5-3-4-6-8/h2-5H,1,6-7H2. The Morgan fingerprint density at radius 2 is 2.67 bits per heavy atom. The summed E-state index contributed by atoms with van der Waals surface area (Å²) in [5.74, 6) is 0. The summed E-state index contributed by atoms with van der Waals surface area (Å²) in [7, 11) is 0. The van der Waals surface area contributed by atoms with Crippen LogP contribution in [0.15, 0.2) is 36.6 Å². The van der Waals surface area contributed by atoms with Crippen LogP contribution in [-0.2, 0) is 4.74 Å². The van der Waals surface area contributed by atoms with E-state index in [1.807, 2.05) is 6.08 Å². The fourth-order valence-electron chi connectivity index (χ4n) is 0.765. The van der Waals surface area contributed by atoms with E-state index in [-0.39, 0.29) is 0 Å². The third kappa shape index (κ3) is 1.76. The van der Waals surface area contributed by atoms with Gasteiger partial charge in [0.1, 0.15) is 6.61 Å². The number of hydrogen-bond acceptors (Lipinski definition) is 1. The van der Waals surface area contributed by atoms with Crippen molar-refractivity contribution in [1.82, 2.24) is 0 Å². The highest BCUT2D eigenvalue weighted by Crippen LogP contribution is 2.09. The van der Waals surface area contributed by atoms with Crippen molar-refractivity contribution < 1.29 is 4.74 Å². The van der Waals surface area contributed by atoms with Crippen LogP contribution in [0, 0.1) is 0 Å². The summed E-state index contributed by atoms with van der Waals surface area (Å²) in [5.41, 5.74) is 1.31. The Kier molecular flexibility index (Phi) is 2.13. The van der Waals surface area contributed by atoms with Crippen LogP contribution >= 0.6 is 0 Å². The second-order valence-corrected chi connectivity index (χ2v) is 1.93. The molecule has 0 aromatic rings. The average molecular weight is 122 g/mol. The van der Waals surface area contributed by atoms with Crippen LogP contribution < -0.4 is 0 Å². The van der Waals surface area contributed by atoms with Gasteiger partial charge in [0, 0.05) is 0 Å². The van der Waals surface area contributed by atoms with E-state index < -0.39 is 0 Å². The zero-order chi connectivity index (χ0) is 6.53. The summed E-state index contributed by atoms with van der Waals surface area (Å²) in [6.45, 7) is 4.14. The maximum absolute atomic E-state index is 4.97. The summed E-state index contributed by atoms with van der Waals surface area (Å²) in [6, 6.07) is 0. The van der Waals surface area contributed by atoms with Crippen molar-refractivity contribution in [1.29, 1.82) is 0 Å². The Labute approximate surface area is 55.3 Å². The molecule has 0 aliphatic heterocycles. The summed E-state index contributed by atoms with van der Waals surface area (Å²) in [6.07, 6.45) is 8.74. The lowest BCUT2D eigenvalue weighted by Gasteiger charge is -1.98. The van der Waals surface area contributed by atoms with E-state index in [0.29, 0.717) is 6.61 Å². The molecule has 9 heavy (non-hydrogen) atoms. The van der Waals surface area contributed by atoms with Crippen molar-refractivity contribution in [3.63, 3.8) is 0 Å². The van der Waals surface area contributed by atoms with E-state index in [4.69, 9.17) is 4.74 Å². The van der Waals surface area contributed by atoms with Gasteiger partial charge in [0.05, 0.1) is 6.26 Å². The normalized spacial score (nSPS) is 15.3. The number of ether oxygens (including phenoxy) is 1. The van der Waals surface area contributed by atoms with E-state index in [1.165, 1.54) is 11.8 Å². The molecule has 1 nitrogen and oxygen atoms in total. The van der Waals surface area contributed by atoms with Gasteiger partial charge in [-0.1, -0.05) is 24.8 Å². The summed E-state index contributed by atoms with van der Waals surface area (Å²) < 4.78 is 4.97. The Hall–Kier alpha value is -0.980. The van der Waals surface area contributed by atoms with Crippen LogP contribution in [-0.4, -0.2) is 6.61 Å². The molecular formula is C8H10O. The van der Waals surface area contributed by atoms with E-state index in [0.717, 1.165) is 6.42 Å². The number of hydrogen-bond donors (Lipinski definition) is 0. The van der Waals surface area contributed by atoms with Crippen LogP contribution in [0.25, 0.3) is 0 Å². The van der Waals surface area contributed by atoms with Gasteiger partial charge in [0.2, 0.25) is 0 Å². The van der Waals surface area contributed by atoms with Crippen LogP contribution in [0.2, 0.25) is 0 Å². The maximum atomic E-state index is 4.97. The molecule has 0 saturated carbocycles. The molecule has 48 valence electrons. The molecule has 0 aromatic heterocycles. The van der Waals surface area contributed by atoms with Crippen LogP contribution in [0.5, 0.6) is 0 Å². The molecule has 0 atom stereocenters. The molecule has 0 spiro atoms. The molecule has 0 fully saturated rings. The van der Waals surface area contributed by atoms with Gasteiger partial charge in [-0.2, -0.15) is 0 Å². The fourth-order valence-corrected chi connectivity index (χ4v) is 0.765. The van der Waals surface area contributed by atoms with Crippen molar-refractivity contribution in [2.75, 3.05) is 6.61 Å². The lowest BCUT2D eigenvalue weighted by atomic mass is 10.2. The molecule has 0 radical (unpaired) electrons. The van der Waals surface area contributed by atoms with E-state index in [1.54, 1.807) is 0 Å². The monoisotopic (exact) mass is 122 g/mol. The first kappa shape index (κ1) is 6.14. The first-order valence-corrected chi connectivity index (χ1v) is 3.00. The third-order valence-corrected chi connectivity index (χ3v) is 1.23. The van der Waals surface area contributed by atoms with Crippen molar-refractivity contribution in [2.24, 2.45) is 0 Å². The number of allylic oxidation sites excluding steroid dienone is 3. The molecule has 1 heteroatoms. The number of rotatable bonds is 3. The predicted octanol–water partition coefficient (Wildman–Crippen LogP) is 2.03. The maximum Gasteiger partial charge on any atom is 0.109 e. The smallest absolute Gasteiger partial charge is 0.109 e. The van der Waals surface area contributed by atoms with Gasteiger partial charge >= 0.3 is 0 Å². The van der Waals surface area contributed by atoms with Gasteiger partial charge in [-0.3, -0.25) is 0 Å². The Balaban J connectivity index is 2.21. The summed E-state index contributed by atoms with van der Waals surface area (Å²) >= 11 is 0. The van der Waals surface area contributed by atoms with Gasteiger partial charge in [0.25, 0.3) is 0 Å². The summed E-state index contributed by atoms with van der Waals surface area (Å²) in [4.78, 5) is 0. The average Bonchev–Trinajstić information content (AvgIpc) is 2.34. The first-order chi connectivity index (χ1) is 4.43. The highest BCUT2D eigenvalue weighted by Gasteiger charge is 1.96. The van der Waals surface area contributed by atoms with E-state index in [9.17, 15) is 0 Å². The van der Waals surface area contributed by atoms with Gasteiger partial charge in [0.15, 0.2) is 0 Å². The van der Waals surface area contributed by atoms with Crippen LogP contribution in [0.3, 0.4) is 0 Å². The SMILES string of the molecule is C=COCC1=CC=CC1. The second-order valence-electron chi connectivity index (χ2n) is 1.93. The zero-order valence-electron chi connectivity index (χ0n) is 5.34. The minimum Gasteiger partial charge on any atom is -0.497 e. The van der Waals surface area contributed by atoms with Gasteiger partial charge in [-0.05, 0) is 12.0 Å². The quantitative estimate of drug-likeness (QED) is 0.520. The minimum absolute atomic E-state index is 0.691. The molecule has 1 rings (SSSR count). The lowest BCUT2D eigenvalue weighted by molar-refractivity contribution is 0.280. The molecule has 1 aliphatic rings. The fraction of sp³-hybridized carbons (Fsp3) is 0.250. The van der Waals surface area contributed by atoms with Gasteiger partial charge < -0.3 is 4.74 Å². The van der Waals surface area contributed by atoms with Crippen molar-refractivity contribution in [2.45, 2.75) is 6.42 Å². The minimum atomic E-state index is 0.691. The predicted molar refractivity (Wildman–Crippen MR) is 38.0 cm³/mol. The molecule has 0 N–H and O–H groups in total. The van der Waals surface area contributed by atoms with Crippen molar-refractivity contribution in [3.8, 4) is 0 Å². The zero-order valence-corrected chi connectivity index (χ0v) is 5.34. The molecular weight excluding hydrogens is 112 g/mol. The van der Waals surface area contributed by atoms with Gasteiger partial charge in [-0.15, -0.1) is 0 Å². The van der Waals surface area contributed by atoms with Crippen molar-refractivity contribution >= 4 is 0 Å². The third-order valence-electron chi connectivity index (χ3n) is 1.23. The molecule has 1 aliphatic carbocycles. The topological polar surface area (TPSA) is 9.23 Å². The second kappa shape index (κ2) is 3.13. The van der Waals surface area contributed by atoms with Crippen molar-refractivity contribution in [3.05, 3.63) is 36.6 Å². The molecule has 0 heterocycles. The Morgan fingerprint density at radius 3 is 3.22 bits per heavy atom. The summed E-state index contributed by atoms with van der Waals surface area (Å²) in [5, 5.41) is 0. The van der Waals surface area contributed by atoms with Crippen LogP contribution in [0.4, 0.5) is 0 Å². The van der Waals surface area contributed by atoms with Crippen LogP contribution in [0.1, 0.15) is 6.42 Å². The lowest BCUT2D eigenvalue weighted by Crippen LogP contribution is -1.88. The van der Waals surface area contributed by atoms with Gasteiger partial charge in [-0.25, -0.2) is 0 Å². The molecule has 0 saturated heterocycles. The van der Waals surface area contributed by atoms with E-state index >= 15 is 0 Å². The Bertz CT molecular complexity index is 154. The van der Waals surface area contributed by atoms with E-state index in [2.05, 4.69) is 18.7 Å². The molecule has 0 amide bonds. The molecule has 0 aromatic carbocycles. The first-order valence-electron chi connectivity index (χ1n) is 3.00. The highest BCUT2D eigenvalue weighted by atomic mass is 16.5.